The minimum Gasteiger partial charge on any atom is -0.198 e. The third-order valence-electron chi connectivity index (χ3n) is 9.93. The van der Waals surface area contributed by atoms with Crippen LogP contribution in [-0.2, 0) is 0 Å². The predicted molar refractivity (Wildman–Crippen MR) is 113 cm³/mol. The lowest BCUT2D eigenvalue weighted by Crippen LogP contribution is -2.49. The van der Waals surface area contributed by atoms with Crippen LogP contribution in [0.1, 0.15) is 110 Å². The van der Waals surface area contributed by atoms with Gasteiger partial charge in [-0.15, -0.1) is 0 Å². The van der Waals surface area contributed by atoms with Gasteiger partial charge in [-0.05, 0) is 99.2 Å². The third-order valence-corrected chi connectivity index (χ3v) is 9.93. The highest BCUT2D eigenvalue weighted by atomic mass is 14.6. The van der Waals surface area contributed by atoms with E-state index in [4.69, 9.17) is 0 Å². The van der Waals surface area contributed by atoms with Gasteiger partial charge in [0, 0.05) is 0 Å². The molecule has 8 atom stereocenters. The van der Waals surface area contributed by atoms with Crippen LogP contribution in [0.2, 0.25) is 0 Å². The smallest absolute Gasteiger partial charge is 0.0689 e. The van der Waals surface area contributed by atoms with Gasteiger partial charge in [-0.2, -0.15) is 5.26 Å². The van der Waals surface area contributed by atoms with Crippen LogP contribution in [0.3, 0.4) is 0 Å². The maximum absolute atomic E-state index is 9.79. The lowest BCUT2D eigenvalue weighted by molar-refractivity contribution is -0.0713. The average molecular weight is 370 g/mol. The van der Waals surface area contributed by atoms with Crippen molar-refractivity contribution in [1.82, 2.24) is 0 Å². The summed E-state index contributed by atoms with van der Waals surface area (Å²) >= 11 is 0. The van der Waals surface area contributed by atoms with E-state index in [1.54, 1.807) is 12.8 Å². The topological polar surface area (TPSA) is 23.8 Å². The van der Waals surface area contributed by atoms with E-state index in [2.05, 4.69) is 19.9 Å². The van der Waals surface area contributed by atoms with Gasteiger partial charge in [-0.1, -0.05) is 52.4 Å². The van der Waals surface area contributed by atoms with Gasteiger partial charge in [0.2, 0.25) is 0 Å². The van der Waals surface area contributed by atoms with E-state index in [1.165, 1.54) is 77.0 Å². The summed E-state index contributed by atoms with van der Waals surface area (Å²) in [6.07, 6.45) is 21.3. The highest BCUT2D eigenvalue weighted by Gasteiger charge is 2.52. The molecule has 0 spiro atoms. The van der Waals surface area contributed by atoms with Crippen LogP contribution in [-0.4, -0.2) is 0 Å². The molecule has 8 unspecified atom stereocenters. The van der Waals surface area contributed by atoms with E-state index in [-0.39, 0.29) is 5.41 Å². The highest BCUT2D eigenvalue weighted by Crippen LogP contribution is 2.60. The fourth-order valence-corrected chi connectivity index (χ4v) is 8.49. The van der Waals surface area contributed by atoms with Gasteiger partial charge in [0.25, 0.3) is 0 Å². The maximum atomic E-state index is 9.79. The molecular weight excluding hydrogens is 326 g/mol. The van der Waals surface area contributed by atoms with Crippen molar-refractivity contribution >= 4 is 0 Å². The molecule has 0 aromatic rings. The molecule has 27 heavy (non-hydrogen) atoms. The summed E-state index contributed by atoms with van der Waals surface area (Å²) in [7, 11) is 0. The molecule has 4 rings (SSSR count). The molecule has 0 bridgehead atoms. The number of nitrogens with zero attached hydrogens (tertiary/aromatic N) is 1. The Morgan fingerprint density at radius 3 is 2.33 bits per heavy atom. The van der Waals surface area contributed by atoms with Crippen LogP contribution < -0.4 is 0 Å². The second kappa shape index (κ2) is 8.47. The van der Waals surface area contributed by atoms with E-state index in [0.29, 0.717) is 0 Å². The van der Waals surface area contributed by atoms with Crippen LogP contribution in [0.5, 0.6) is 0 Å². The lowest BCUT2D eigenvalue weighted by Gasteiger charge is -2.57. The Morgan fingerprint density at radius 2 is 1.56 bits per heavy atom. The van der Waals surface area contributed by atoms with Crippen molar-refractivity contribution in [2.24, 2.45) is 46.8 Å². The summed E-state index contributed by atoms with van der Waals surface area (Å²) in [6, 6.07) is 2.75. The van der Waals surface area contributed by atoms with Crippen LogP contribution in [0.15, 0.2) is 0 Å². The second-order valence-electron chi connectivity index (χ2n) is 10.9. The molecule has 1 heteroatoms. The van der Waals surface area contributed by atoms with E-state index in [9.17, 15) is 5.26 Å². The Morgan fingerprint density at radius 1 is 0.815 bits per heavy atom. The zero-order chi connectivity index (χ0) is 18.9. The predicted octanol–water partition coefficient (Wildman–Crippen LogP) is 7.76. The first kappa shape index (κ1) is 19.8. The van der Waals surface area contributed by atoms with E-state index < -0.39 is 0 Å². The zero-order valence-electron chi connectivity index (χ0n) is 18.1. The molecule has 0 N–H and O–H groups in total. The Kier molecular flexibility index (Phi) is 6.21. The summed E-state index contributed by atoms with van der Waals surface area (Å²) < 4.78 is 0. The van der Waals surface area contributed by atoms with Gasteiger partial charge in [-0.25, -0.2) is 0 Å². The number of rotatable bonds is 5. The molecule has 0 radical (unpaired) electrons. The number of unbranched alkanes of at least 4 members (excludes halogenated alkanes) is 2. The number of fused-ring (bicyclic) bond motifs is 5. The molecule has 1 nitrogen and oxygen atoms in total. The fraction of sp³-hybridized carbons (Fsp3) is 0.962. The monoisotopic (exact) mass is 369 g/mol. The normalized spacial score (nSPS) is 46.6. The van der Waals surface area contributed by atoms with Gasteiger partial charge in [0.05, 0.1) is 11.5 Å². The summed E-state index contributed by atoms with van der Waals surface area (Å²) in [5, 5.41) is 9.79. The average Bonchev–Trinajstić information content (AvgIpc) is 2.73. The fourth-order valence-electron chi connectivity index (χ4n) is 8.49. The first-order valence-corrected chi connectivity index (χ1v) is 12.6. The molecule has 0 heterocycles. The first-order chi connectivity index (χ1) is 13.2. The quantitative estimate of drug-likeness (QED) is 0.454. The van der Waals surface area contributed by atoms with Crippen LogP contribution >= 0.6 is 0 Å². The van der Waals surface area contributed by atoms with Gasteiger partial charge >= 0.3 is 0 Å². The highest BCUT2D eigenvalue weighted by molar-refractivity contribution is 5.07. The largest absolute Gasteiger partial charge is 0.198 e. The first-order valence-electron chi connectivity index (χ1n) is 12.6. The molecular formula is C26H43N. The summed E-state index contributed by atoms with van der Waals surface area (Å²) in [6.45, 7) is 4.60. The van der Waals surface area contributed by atoms with Crippen molar-refractivity contribution in [3.63, 3.8) is 0 Å². The summed E-state index contributed by atoms with van der Waals surface area (Å²) in [5.41, 5.74) is 0.0282. The van der Waals surface area contributed by atoms with Crippen LogP contribution in [0.25, 0.3) is 0 Å². The standard InChI is InChI=1S/C26H43N/c1-3-5-6-8-19-9-7-10-23-21(19)13-14-24-22-15-16-26(4-2,18-27)17-20(22)11-12-25(23)24/h19-25H,3-17H2,1-2H3. The van der Waals surface area contributed by atoms with Gasteiger partial charge in [0.1, 0.15) is 0 Å². The minimum atomic E-state index is 0.0282. The van der Waals surface area contributed by atoms with Crippen molar-refractivity contribution in [3.8, 4) is 6.07 Å². The van der Waals surface area contributed by atoms with Crippen LogP contribution in [0, 0.1) is 58.2 Å². The zero-order valence-corrected chi connectivity index (χ0v) is 18.1. The molecule has 4 saturated carbocycles. The number of hydrogen-bond donors (Lipinski definition) is 0. The van der Waals surface area contributed by atoms with Gasteiger partial charge < -0.3 is 0 Å². The van der Waals surface area contributed by atoms with Crippen molar-refractivity contribution in [2.75, 3.05) is 0 Å². The SMILES string of the molecule is CCCCCC1CCCC2C1CCC1C3CCC(C#N)(CC)CC3CCC21. The molecule has 0 aliphatic heterocycles. The van der Waals surface area contributed by atoms with Crippen molar-refractivity contribution in [3.05, 3.63) is 0 Å². The van der Waals surface area contributed by atoms with Crippen molar-refractivity contribution in [1.29, 1.82) is 5.26 Å². The Hall–Kier alpha value is -0.510. The van der Waals surface area contributed by atoms with Crippen molar-refractivity contribution < 1.29 is 0 Å². The number of nitriles is 1. The number of hydrogen-bond acceptors (Lipinski definition) is 1. The minimum absolute atomic E-state index is 0.0282. The van der Waals surface area contributed by atoms with E-state index in [1.807, 2.05) is 0 Å². The van der Waals surface area contributed by atoms with Gasteiger partial charge in [-0.3, -0.25) is 0 Å². The Balaban J connectivity index is 1.43. The third kappa shape index (κ3) is 3.72. The summed E-state index contributed by atoms with van der Waals surface area (Å²) in [5.74, 6) is 7.12. The Bertz CT molecular complexity index is 533. The van der Waals surface area contributed by atoms with E-state index >= 15 is 0 Å². The van der Waals surface area contributed by atoms with Crippen molar-refractivity contribution in [2.45, 2.75) is 110 Å². The molecule has 4 aliphatic carbocycles. The molecule has 0 amide bonds. The second-order valence-corrected chi connectivity index (χ2v) is 10.9. The van der Waals surface area contributed by atoms with E-state index in [0.717, 1.165) is 47.8 Å². The van der Waals surface area contributed by atoms with Gasteiger partial charge in [0.15, 0.2) is 0 Å². The molecule has 0 aromatic heterocycles. The van der Waals surface area contributed by atoms with Crippen LogP contribution in [0.4, 0.5) is 0 Å². The lowest BCUT2D eigenvalue weighted by atomic mass is 9.48. The molecule has 0 saturated heterocycles. The Labute approximate surface area is 168 Å². The molecule has 4 aliphatic rings. The molecule has 4 fully saturated rings. The molecule has 0 aromatic carbocycles. The molecule has 152 valence electrons. The maximum Gasteiger partial charge on any atom is 0.0689 e. The summed E-state index contributed by atoms with van der Waals surface area (Å²) in [4.78, 5) is 0.